The predicted octanol–water partition coefficient (Wildman–Crippen LogP) is 2.09. The highest BCUT2D eigenvalue weighted by Gasteiger charge is 2.46. The van der Waals surface area contributed by atoms with E-state index in [1.54, 1.807) is 0 Å². The molecule has 2 nitrogen and oxygen atoms in total. The second-order valence-corrected chi connectivity index (χ2v) is 5.04. The van der Waals surface area contributed by atoms with Crippen LogP contribution in [0.25, 0.3) is 0 Å². The van der Waals surface area contributed by atoms with E-state index >= 15 is 0 Å². The Balaban J connectivity index is 2.74. The Morgan fingerprint density at radius 3 is 2.19 bits per heavy atom. The first-order valence-electron chi connectivity index (χ1n) is 5.35. The zero-order chi connectivity index (χ0) is 12.6. The Bertz CT molecular complexity index is 234. The molecule has 0 saturated carbocycles. The van der Waals surface area contributed by atoms with E-state index in [0.29, 0.717) is 6.42 Å². The maximum Gasteiger partial charge on any atom is 0.404 e. The van der Waals surface area contributed by atoms with Crippen molar-refractivity contribution in [1.82, 2.24) is 4.90 Å². The number of likely N-dealkylation sites (tertiary alicyclic amines) is 1. The molecule has 0 bridgehead atoms. The largest absolute Gasteiger partial charge is 0.404 e. The molecule has 0 aromatic rings. The van der Waals surface area contributed by atoms with Gasteiger partial charge >= 0.3 is 6.18 Å². The molecule has 6 heteroatoms. The molecule has 0 aromatic heterocycles. The number of rotatable bonds is 2. The molecule has 1 saturated heterocycles. The number of piperidine rings is 1. The van der Waals surface area contributed by atoms with Gasteiger partial charge in [0.1, 0.15) is 11.7 Å². The van der Waals surface area contributed by atoms with E-state index in [9.17, 15) is 17.6 Å². The van der Waals surface area contributed by atoms with Crippen molar-refractivity contribution >= 4 is 0 Å². The molecule has 1 heterocycles. The summed E-state index contributed by atoms with van der Waals surface area (Å²) >= 11 is 0. The number of alkyl halides is 4. The highest BCUT2D eigenvalue weighted by molar-refractivity contribution is 4.90. The van der Waals surface area contributed by atoms with Gasteiger partial charge in [-0.25, -0.2) is 4.39 Å². The first-order chi connectivity index (χ1) is 7.09. The summed E-state index contributed by atoms with van der Waals surface area (Å²) in [7, 11) is 0. The fraction of sp³-hybridized carbons (Fsp3) is 1.00. The third kappa shape index (κ3) is 3.90. The van der Waals surface area contributed by atoms with Crippen molar-refractivity contribution in [1.29, 1.82) is 0 Å². The molecule has 0 radical (unpaired) electrons. The van der Waals surface area contributed by atoms with Crippen molar-refractivity contribution in [2.24, 2.45) is 5.73 Å². The molecular weight excluding hydrogens is 224 g/mol. The summed E-state index contributed by atoms with van der Waals surface area (Å²) in [4.78, 5) is 1.12. The van der Waals surface area contributed by atoms with Crippen molar-refractivity contribution in [3.05, 3.63) is 0 Å². The van der Waals surface area contributed by atoms with Crippen molar-refractivity contribution in [2.75, 3.05) is 13.1 Å². The van der Waals surface area contributed by atoms with Gasteiger partial charge < -0.3 is 5.73 Å². The Hall–Kier alpha value is -0.360. The van der Waals surface area contributed by atoms with Gasteiger partial charge in [0, 0.05) is 19.1 Å². The van der Waals surface area contributed by atoms with Gasteiger partial charge in [0.25, 0.3) is 0 Å². The van der Waals surface area contributed by atoms with E-state index in [1.807, 2.05) is 0 Å². The average molecular weight is 242 g/mol. The summed E-state index contributed by atoms with van der Waals surface area (Å²) in [5.41, 5.74) is 3.98. The summed E-state index contributed by atoms with van der Waals surface area (Å²) in [6.07, 6.45) is -4.00. The molecule has 0 amide bonds. The molecule has 1 aliphatic rings. The predicted molar refractivity (Wildman–Crippen MR) is 53.8 cm³/mol. The van der Waals surface area contributed by atoms with E-state index in [-0.39, 0.29) is 25.6 Å². The molecule has 1 fully saturated rings. The molecule has 96 valence electrons. The molecule has 1 rings (SSSR count). The average Bonchev–Trinajstić information content (AvgIpc) is 1.97. The van der Waals surface area contributed by atoms with Crippen LogP contribution in [0.2, 0.25) is 0 Å². The maximum atomic E-state index is 13.4. The molecule has 1 aliphatic heterocycles. The van der Waals surface area contributed by atoms with Crippen LogP contribution in [0.4, 0.5) is 17.6 Å². The molecule has 0 spiro atoms. The van der Waals surface area contributed by atoms with E-state index < -0.39 is 17.9 Å². The van der Waals surface area contributed by atoms with Crippen LogP contribution >= 0.6 is 0 Å². The number of hydrogen-bond acceptors (Lipinski definition) is 2. The second-order valence-electron chi connectivity index (χ2n) is 5.04. The van der Waals surface area contributed by atoms with Crippen molar-refractivity contribution in [3.8, 4) is 0 Å². The minimum atomic E-state index is -4.30. The smallest absolute Gasteiger partial charge is 0.327 e. The summed E-state index contributed by atoms with van der Waals surface area (Å²) in [5.74, 6) is 0. The zero-order valence-corrected chi connectivity index (χ0v) is 9.52. The van der Waals surface area contributed by atoms with Crippen LogP contribution in [-0.4, -0.2) is 41.9 Å². The summed E-state index contributed by atoms with van der Waals surface area (Å²) in [6.45, 7) is 2.43. The van der Waals surface area contributed by atoms with Gasteiger partial charge in [-0.05, 0) is 26.7 Å². The van der Waals surface area contributed by atoms with E-state index in [2.05, 4.69) is 0 Å². The minimum absolute atomic E-state index is 0.0409. The highest BCUT2D eigenvalue weighted by Crippen LogP contribution is 2.32. The van der Waals surface area contributed by atoms with Crippen LogP contribution in [0, 0.1) is 0 Å². The first kappa shape index (κ1) is 13.7. The lowest BCUT2D eigenvalue weighted by Gasteiger charge is -2.41. The maximum absolute atomic E-state index is 13.4. The Kier molecular flexibility index (Phi) is 3.84. The normalized spacial score (nSPS) is 29.4. The van der Waals surface area contributed by atoms with Crippen molar-refractivity contribution in [2.45, 2.75) is 50.6 Å². The zero-order valence-electron chi connectivity index (χ0n) is 9.52. The van der Waals surface area contributed by atoms with E-state index in [4.69, 9.17) is 5.73 Å². The van der Waals surface area contributed by atoms with Crippen molar-refractivity contribution in [3.63, 3.8) is 0 Å². The molecule has 0 aliphatic carbocycles. The van der Waals surface area contributed by atoms with Gasteiger partial charge in [0.05, 0.1) is 0 Å². The third-order valence-electron chi connectivity index (χ3n) is 2.68. The molecule has 16 heavy (non-hydrogen) atoms. The van der Waals surface area contributed by atoms with E-state index in [0.717, 1.165) is 4.90 Å². The quantitative estimate of drug-likeness (QED) is 0.751. The van der Waals surface area contributed by atoms with E-state index in [1.165, 1.54) is 13.8 Å². The van der Waals surface area contributed by atoms with Crippen LogP contribution in [0.1, 0.15) is 26.7 Å². The standard InChI is InChI=1S/C10H18F4N2/c1-9(2,11)6-16-5-7(15)3-4-8(16)10(12,13)14/h7-8H,3-6,15H2,1-2H3. The number of hydrogen-bond donors (Lipinski definition) is 1. The second kappa shape index (κ2) is 4.49. The van der Waals surface area contributed by atoms with Crippen molar-refractivity contribution < 1.29 is 17.6 Å². The van der Waals surface area contributed by atoms with Crippen LogP contribution in [0.3, 0.4) is 0 Å². The van der Waals surface area contributed by atoms with Crippen LogP contribution in [0.5, 0.6) is 0 Å². The fourth-order valence-corrected chi connectivity index (χ4v) is 2.10. The monoisotopic (exact) mass is 242 g/mol. The Labute approximate surface area is 92.8 Å². The number of halogens is 4. The van der Waals surface area contributed by atoms with Gasteiger partial charge in [0.2, 0.25) is 0 Å². The summed E-state index contributed by atoms with van der Waals surface area (Å²) < 4.78 is 51.5. The minimum Gasteiger partial charge on any atom is -0.327 e. The number of nitrogens with two attached hydrogens (primary N) is 1. The van der Waals surface area contributed by atoms with Gasteiger partial charge in [0.15, 0.2) is 0 Å². The third-order valence-corrected chi connectivity index (χ3v) is 2.68. The van der Waals surface area contributed by atoms with Crippen LogP contribution < -0.4 is 5.73 Å². The van der Waals surface area contributed by atoms with Crippen LogP contribution in [0.15, 0.2) is 0 Å². The Morgan fingerprint density at radius 1 is 1.19 bits per heavy atom. The lowest BCUT2D eigenvalue weighted by Crippen LogP contribution is -2.57. The fourth-order valence-electron chi connectivity index (χ4n) is 2.10. The SMILES string of the molecule is CC(C)(F)CN1CC(N)CCC1C(F)(F)F. The van der Waals surface area contributed by atoms with Crippen LogP contribution in [-0.2, 0) is 0 Å². The number of nitrogens with zero attached hydrogens (tertiary/aromatic N) is 1. The lowest BCUT2D eigenvalue weighted by atomic mass is 9.96. The highest BCUT2D eigenvalue weighted by atomic mass is 19.4. The molecule has 2 N–H and O–H groups in total. The molecule has 2 atom stereocenters. The topological polar surface area (TPSA) is 29.3 Å². The molecular formula is C10H18F4N2. The Morgan fingerprint density at radius 2 is 1.75 bits per heavy atom. The van der Waals surface area contributed by atoms with Gasteiger partial charge in [-0.2, -0.15) is 13.2 Å². The summed E-state index contributed by atoms with van der Waals surface area (Å²) in [6, 6.07) is -1.84. The van der Waals surface area contributed by atoms with Gasteiger partial charge in [-0.15, -0.1) is 0 Å². The first-order valence-corrected chi connectivity index (χ1v) is 5.35. The van der Waals surface area contributed by atoms with Gasteiger partial charge in [-0.1, -0.05) is 0 Å². The lowest BCUT2D eigenvalue weighted by molar-refractivity contribution is -0.195. The molecule has 0 aromatic carbocycles. The van der Waals surface area contributed by atoms with Gasteiger partial charge in [-0.3, -0.25) is 4.90 Å². The summed E-state index contributed by atoms with van der Waals surface area (Å²) in [5, 5.41) is 0. The molecule has 2 unspecified atom stereocenters.